The molecule has 0 bridgehead atoms. The highest BCUT2D eigenvalue weighted by Crippen LogP contribution is 2.26. The minimum Gasteiger partial charge on any atom is -0.497 e. The number of hydrogen-bond donors (Lipinski definition) is 2. The fraction of sp³-hybridized carbons (Fsp3) is 0.158. The fourth-order valence-corrected chi connectivity index (χ4v) is 2.64. The molecule has 0 amide bonds. The van der Waals surface area contributed by atoms with E-state index >= 15 is 0 Å². The zero-order valence-corrected chi connectivity index (χ0v) is 15.7. The molecule has 3 aromatic rings. The lowest BCUT2D eigenvalue weighted by Gasteiger charge is -2.09. The highest BCUT2D eigenvalue weighted by Gasteiger charge is 2.03. The van der Waals surface area contributed by atoms with Gasteiger partial charge in [0.15, 0.2) is 0 Å². The van der Waals surface area contributed by atoms with Gasteiger partial charge in [-0.1, -0.05) is 35.3 Å². The SMILES string of the molecule is COc1ccc(CCNc2nccc(Nc3ccc(Cl)c(Cl)c3)n2)cc1. The third-order valence-corrected chi connectivity index (χ3v) is 4.44. The number of halogens is 2. The predicted molar refractivity (Wildman–Crippen MR) is 107 cm³/mol. The summed E-state index contributed by atoms with van der Waals surface area (Å²) in [5.41, 5.74) is 2.02. The molecule has 5 nitrogen and oxygen atoms in total. The zero-order chi connectivity index (χ0) is 18.4. The van der Waals surface area contributed by atoms with Crippen LogP contribution in [0.1, 0.15) is 5.56 Å². The zero-order valence-electron chi connectivity index (χ0n) is 14.2. The van der Waals surface area contributed by atoms with Crippen LogP contribution < -0.4 is 15.4 Å². The summed E-state index contributed by atoms with van der Waals surface area (Å²) in [5.74, 6) is 2.08. The summed E-state index contributed by atoms with van der Waals surface area (Å²) < 4.78 is 5.16. The monoisotopic (exact) mass is 388 g/mol. The molecule has 0 fully saturated rings. The average molecular weight is 389 g/mol. The first-order valence-electron chi connectivity index (χ1n) is 8.06. The number of benzene rings is 2. The van der Waals surface area contributed by atoms with Crippen molar-refractivity contribution in [1.29, 1.82) is 0 Å². The molecule has 0 atom stereocenters. The Morgan fingerprint density at radius 1 is 1.00 bits per heavy atom. The van der Waals surface area contributed by atoms with Crippen LogP contribution >= 0.6 is 23.2 Å². The Kier molecular flexibility index (Phi) is 6.15. The van der Waals surface area contributed by atoms with Crippen LogP contribution in [0.15, 0.2) is 54.7 Å². The predicted octanol–water partition coefficient (Wildman–Crippen LogP) is 5.19. The molecule has 0 aliphatic carbocycles. The van der Waals surface area contributed by atoms with Crippen molar-refractivity contribution in [1.82, 2.24) is 9.97 Å². The van der Waals surface area contributed by atoms with Crippen LogP contribution in [0.25, 0.3) is 0 Å². The normalized spacial score (nSPS) is 10.4. The van der Waals surface area contributed by atoms with Crippen molar-refractivity contribution in [3.8, 4) is 5.75 Å². The fourth-order valence-electron chi connectivity index (χ4n) is 2.35. The van der Waals surface area contributed by atoms with Crippen molar-refractivity contribution in [3.63, 3.8) is 0 Å². The third kappa shape index (κ3) is 5.00. The Morgan fingerprint density at radius 2 is 1.81 bits per heavy atom. The largest absolute Gasteiger partial charge is 0.497 e. The summed E-state index contributed by atoms with van der Waals surface area (Å²) >= 11 is 12.0. The molecule has 1 aromatic heterocycles. The number of aromatic nitrogens is 2. The van der Waals surface area contributed by atoms with E-state index < -0.39 is 0 Å². The van der Waals surface area contributed by atoms with E-state index in [0.29, 0.717) is 21.8 Å². The van der Waals surface area contributed by atoms with Gasteiger partial charge in [0.2, 0.25) is 5.95 Å². The quantitative estimate of drug-likeness (QED) is 0.582. The van der Waals surface area contributed by atoms with Gasteiger partial charge in [0.25, 0.3) is 0 Å². The maximum absolute atomic E-state index is 6.03. The number of nitrogens with zero attached hydrogens (tertiary/aromatic N) is 2. The topological polar surface area (TPSA) is 59.1 Å². The van der Waals surface area contributed by atoms with E-state index in [1.165, 1.54) is 5.56 Å². The smallest absolute Gasteiger partial charge is 0.224 e. The minimum atomic E-state index is 0.489. The molecule has 0 saturated carbocycles. The standard InChI is InChI=1S/C19H18Cl2N4O/c1-26-15-5-2-13(3-6-15)8-10-22-19-23-11-9-18(25-19)24-14-4-7-16(20)17(21)12-14/h2-7,9,11-12H,8,10H2,1H3,(H2,22,23,24,25). The van der Waals surface area contributed by atoms with E-state index in [0.717, 1.165) is 24.4 Å². The number of methoxy groups -OCH3 is 1. The molecule has 134 valence electrons. The lowest BCUT2D eigenvalue weighted by atomic mass is 10.1. The van der Waals surface area contributed by atoms with Gasteiger partial charge in [-0.15, -0.1) is 0 Å². The molecular formula is C19H18Cl2N4O. The molecule has 1 heterocycles. The molecule has 26 heavy (non-hydrogen) atoms. The Morgan fingerprint density at radius 3 is 2.54 bits per heavy atom. The summed E-state index contributed by atoms with van der Waals surface area (Å²) in [6.45, 7) is 0.725. The first-order chi connectivity index (χ1) is 12.6. The number of nitrogens with one attached hydrogen (secondary N) is 2. The number of rotatable bonds is 7. The first-order valence-corrected chi connectivity index (χ1v) is 8.81. The molecule has 0 saturated heterocycles. The highest BCUT2D eigenvalue weighted by molar-refractivity contribution is 6.42. The number of hydrogen-bond acceptors (Lipinski definition) is 5. The first kappa shape index (κ1) is 18.3. The van der Waals surface area contributed by atoms with E-state index in [4.69, 9.17) is 27.9 Å². The van der Waals surface area contributed by atoms with Crippen molar-refractivity contribution < 1.29 is 4.74 Å². The van der Waals surface area contributed by atoms with Gasteiger partial charge < -0.3 is 15.4 Å². The van der Waals surface area contributed by atoms with Crippen LogP contribution in [0, 0.1) is 0 Å². The number of anilines is 3. The number of ether oxygens (including phenoxy) is 1. The second-order valence-electron chi connectivity index (χ2n) is 5.54. The molecule has 0 unspecified atom stereocenters. The van der Waals surface area contributed by atoms with Gasteiger partial charge in [-0.3, -0.25) is 0 Å². The maximum atomic E-state index is 6.03. The molecule has 2 aromatic carbocycles. The van der Waals surface area contributed by atoms with E-state index in [2.05, 4.69) is 20.6 Å². The summed E-state index contributed by atoms with van der Waals surface area (Å²) in [6.07, 6.45) is 2.56. The van der Waals surface area contributed by atoms with Crippen LogP contribution in [0.4, 0.5) is 17.5 Å². The molecule has 0 aliphatic heterocycles. The summed E-state index contributed by atoms with van der Waals surface area (Å²) in [5, 5.41) is 7.42. The van der Waals surface area contributed by atoms with Gasteiger partial charge in [0.1, 0.15) is 11.6 Å². The van der Waals surface area contributed by atoms with E-state index in [1.54, 1.807) is 31.5 Å². The molecule has 0 aliphatic rings. The molecule has 0 spiro atoms. The highest BCUT2D eigenvalue weighted by atomic mass is 35.5. The second-order valence-corrected chi connectivity index (χ2v) is 6.36. The van der Waals surface area contributed by atoms with E-state index in [9.17, 15) is 0 Å². The Bertz CT molecular complexity index is 872. The molecular weight excluding hydrogens is 371 g/mol. The lowest BCUT2D eigenvalue weighted by molar-refractivity contribution is 0.414. The van der Waals surface area contributed by atoms with Crippen molar-refractivity contribution in [3.05, 3.63) is 70.3 Å². The van der Waals surface area contributed by atoms with E-state index in [-0.39, 0.29) is 0 Å². The van der Waals surface area contributed by atoms with Crippen LogP contribution in [-0.2, 0) is 6.42 Å². The minimum absolute atomic E-state index is 0.489. The van der Waals surface area contributed by atoms with Crippen LogP contribution in [-0.4, -0.2) is 23.6 Å². The summed E-state index contributed by atoms with van der Waals surface area (Å²) in [6, 6.07) is 15.1. The van der Waals surface area contributed by atoms with Gasteiger partial charge >= 0.3 is 0 Å². The maximum Gasteiger partial charge on any atom is 0.224 e. The van der Waals surface area contributed by atoms with Crippen molar-refractivity contribution in [2.24, 2.45) is 0 Å². The third-order valence-electron chi connectivity index (χ3n) is 3.70. The van der Waals surface area contributed by atoms with Gasteiger partial charge in [-0.25, -0.2) is 4.98 Å². The van der Waals surface area contributed by atoms with Gasteiger partial charge in [-0.2, -0.15) is 4.98 Å². The van der Waals surface area contributed by atoms with Crippen LogP contribution in [0.3, 0.4) is 0 Å². The van der Waals surface area contributed by atoms with Crippen LogP contribution in [0.2, 0.25) is 10.0 Å². The Balaban J connectivity index is 1.57. The van der Waals surface area contributed by atoms with Gasteiger partial charge in [0, 0.05) is 18.4 Å². The average Bonchev–Trinajstić information content (AvgIpc) is 2.66. The van der Waals surface area contributed by atoms with Crippen molar-refractivity contribution in [2.75, 3.05) is 24.3 Å². The molecule has 2 N–H and O–H groups in total. The van der Waals surface area contributed by atoms with Crippen molar-refractivity contribution >= 4 is 40.7 Å². The molecule has 0 radical (unpaired) electrons. The Hall–Kier alpha value is -2.50. The molecule has 7 heteroatoms. The lowest BCUT2D eigenvalue weighted by Crippen LogP contribution is -2.08. The molecule has 3 rings (SSSR count). The van der Waals surface area contributed by atoms with Crippen LogP contribution in [0.5, 0.6) is 5.75 Å². The van der Waals surface area contributed by atoms with E-state index in [1.807, 2.05) is 30.3 Å². The second kappa shape index (κ2) is 8.74. The van der Waals surface area contributed by atoms with Crippen molar-refractivity contribution in [2.45, 2.75) is 6.42 Å². The van der Waals surface area contributed by atoms with Gasteiger partial charge in [0.05, 0.1) is 17.2 Å². The summed E-state index contributed by atoms with van der Waals surface area (Å²) in [4.78, 5) is 8.69. The summed E-state index contributed by atoms with van der Waals surface area (Å²) in [7, 11) is 1.66. The van der Waals surface area contributed by atoms with Gasteiger partial charge in [-0.05, 0) is 48.4 Å². The Labute approximate surface area is 162 Å².